The molecule has 1 unspecified atom stereocenters. The van der Waals surface area contributed by atoms with Gasteiger partial charge in [-0.15, -0.1) is 0 Å². The van der Waals surface area contributed by atoms with Crippen LogP contribution in [0.25, 0.3) is 11.1 Å². The predicted octanol–water partition coefficient (Wildman–Crippen LogP) is 8.05. The molecule has 2 aromatic carbocycles. The van der Waals surface area contributed by atoms with Crippen molar-refractivity contribution in [1.29, 1.82) is 0 Å². The number of unbranched alkanes of at least 4 members (excludes halogenated alkanes) is 3. The maximum Gasteiger partial charge on any atom is 0.0583 e. The van der Waals surface area contributed by atoms with Gasteiger partial charge in [0.25, 0.3) is 0 Å². The van der Waals surface area contributed by atoms with Gasteiger partial charge < -0.3 is 5.11 Å². The first-order valence-electron chi connectivity index (χ1n) is 11.5. The van der Waals surface area contributed by atoms with E-state index in [-0.39, 0.29) is 17.4 Å². The highest BCUT2D eigenvalue weighted by Gasteiger charge is 2.56. The van der Waals surface area contributed by atoms with E-state index in [4.69, 9.17) is 0 Å². The summed E-state index contributed by atoms with van der Waals surface area (Å²) in [6.45, 7) is 6.93. The predicted molar refractivity (Wildman–Crippen MR) is 131 cm³/mol. The Balaban J connectivity index is 1.80. The van der Waals surface area contributed by atoms with Crippen molar-refractivity contribution in [3.05, 3.63) is 82.3 Å². The number of allylic oxidation sites excluding steroid dienone is 3. The van der Waals surface area contributed by atoms with Crippen molar-refractivity contribution < 1.29 is 5.11 Å². The molecule has 1 nitrogen and oxygen atoms in total. The van der Waals surface area contributed by atoms with Crippen molar-refractivity contribution in [3.63, 3.8) is 0 Å². The van der Waals surface area contributed by atoms with Crippen molar-refractivity contribution in [2.45, 2.75) is 64.4 Å². The average Bonchev–Trinajstić information content (AvgIpc) is 3.27. The van der Waals surface area contributed by atoms with E-state index in [0.717, 1.165) is 30.2 Å². The molecule has 0 bridgehead atoms. The minimum Gasteiger partial charge on any atom is -0.393 e. The normalized spacial score (nSPS) is 25.6. The molecule has 30 heavy (non-hydrogen) atoms. The third kappa shape index (κ3) is 3.85. The fourth-order valence-electron chi connectivity index (χ4n) is 5.89. The molecular weight excluding hydrogens is 432 g/mol. The first kappa shape index (κ1) is 21.6. The van der Waals surface area contributed by atoms with Gasteiger partial charge in [-0.05, 0) is 66.5 Å². The van der Waals surface area contributed by atoms with Gasteiger partial charge in [-0.2, -0.15) is 0 Å². The Morgan fingerprint density at radius 2 is 1.80 bits per heavy atom. The Morgan fingerprint density at radius 1 is 1.07 bits per heavy atom. The maximum absolute atomic E-state index is 11.0. The molecular formula is C28H33BrO. The standard InChI is InChI=1S/C28H33BrO/c1-3-4-5-7-12-23-19-25-26(30)17-18-28(25,27(23)22-10-8-6-9-11-22)20(2)21-13-15-24(29)16-14-21/h6,8-11,13-16,25-26,30H,2-5,7,12,17-19H2,1H3/t25?,26-,28+/m1/s1. The zero-order valence-corrected chi connectivity index (χ0v) is 19.6. The number of rotatable bonds is 8. The lowest BCUT2D eigenvalue weighted by molar-refractivity contribution is 0.120. The molecule has 0 aromatic heterocycles. The van der Waals surface area contributed by atoms with Gasteiger partial charge in [0.2, 0.25) is 0 Å². The van der Waals surface area contributed by atoms with Crippen molar-refractivity contribution in [2.75, 3.05) is 0 Å². The van der Waals surface area contributed by atoms with Gasteiger partial charge in [0, 0.05) is 15.8 Å². The van der Waals surface area contributed by atoms with E-state index in [2.05, 4.69) is 84.0 Å². The molecule has 2 aliphatic rings. The van der Waals surface area contributed by atoms with Crippen LogP contribution in [-0.2, 0) is 0 Å². The monoisotopic (exact) mass is 464 g/mol. The first-order chi connectivity index (χ1) is 14.6. The third-order valence-electron chi connectivity index (χ3n) is 7.32. The Hall–Kier alpha value is -1.64. The Labute approximate surface area is 190 Å². The highest BCUT2D eigenvalue weighted by Crippen LogP contribution is 2.66. The summed E-state index contributed by atoms with van der Waals surface area (Å²) in [5, 5.41) is 11.0. The largest absolute Gasteiger partial charge is 0.393 e. The number of hydrogen-bond donors (Lipinski definition) is 1. The fraction of sp³-hybridized carbons (Fsp3) is 0.429. The molecule has 1 fully saturated rings. The lowest BCUT2D eigenvalue weighted by atomic mass is 9.66. The molecule has 2 heteroatoms. The Morgan fingerprint density at radius 3 is 2.50 bits per heavy atom. The average molecular weight is 465 g/mol. The molecule has 2 aliphatic carbocycles. The number of fused-ring (bicyclic) bond motifs is 1. The molecule has 0 radical (unpaired) electrons. The van der Waals surface area contributed by atoms with Crippen molar-refractivity contribution in [3.8, 4) is 0 Å². The van der Waals surface area contributed by atoms with Crippen LogP contribution in [0.1, 0.15) is 69.4 Å². The second-order valence-electron chi connectivity index (χ2n) is 9.03. The number of benzene rings is 2. The minimum absolute atomic E-state index is 0.158. The van der Waals surface area contributed by atoms with E-state index in [1.165, 1.54) is 48.0 Å². The van der Waals surface area contributed by atoms with Gasteiger partial charge in [0.1, 0.15) is 0 Å². The molecule has 158 valence electrons. The topological polar surface area (TPSA) is 20.2 Å². The van der Waals surface area contributed by atoms with Gasteiger partial charge in [0.05, 0.1) is 6.10 Å². The van der Waals surface area contributed by atoms with Crippen molar-refractivity contribution in [2.24, 2.45) is 11.3 Å². The van der Waals surface area contributed by atoms with Gasteiger partial charge >= 0.3 is 0 Å². The maximum atomic E-state index is 11.0. The smallest absolute Gasteiger partial charge is 0.0583 e. The van der Waals surface area contributed by atoms with Gasteiger partial charge in [0.15, 0.2) is 0 Å². The van der Waals surface area contributed by atoms with Crippen LogP contribution in [-0.4, -0.2) is 11.2 Å². The highest BCUT2D eigenvalue weighted by molar-refractivity contribution is 9.10. The number of aliphatic hydroxyl groups is 1. The quantitative estimate of drug-likeness (QED) is 0.391. The molecule has 0 spiro atoms. The number of aliphatic hydroxyl groups excluding tert-OH is 1. The van der Waals surface area contributed by atoms with E-state index in [1.54, 1.807) is 5.57 Å². The molecule has 1 saturated carbocycles. The van der Waals surface area contributed by atoms with Crippen LogP contribution in [0.5, 0.6) is 0 Å². The van der Waals surface area contributed by atoms with Crippen molar-refractivity contribution >= 4 is 27.1 Å². The van der Waals surface area contributed by atoms with Crippen LogP contribution < -0.4 is 0 Å². The molecule has 3 atom stereocenters. The van der Waals surface area contributed by atoms with E-state index in [0.29, 0.717) is 0 Å². The lowest BCUT2D eigenvalue weighted by Crippen LogP contribution is -2.29. The van der Waals surface area contributed by atoms with Gasteiger partial charge in [-0.3, -0.25) is 0 Å². The highest BCUT2D eigenvalue weighted by atomic mass is 79.9. The van der Waals surface area contributed by atoms with Crippen LogP contribution in [0.15, 0.2) is 71.2 Å². The second-order valence-corrected chi connectivity index (χ2v) is 9.94. The van der Waals surface area contributed by atoms with Crippen LogP contribution in [0.4, 0.5) is 0 Å². The van der Waals surface area contributed by atoms with E-state index >= 15 is 0 Å². The van der Waals surface area contributed by atoms with Crippen LogP contribution >= 0.6 is 15.9 Å². The second kappa shape index (κ2) is 9.24. The summed E-state index contributed by atoms with van der Waals surface area (Å²) in [6, 6.07) is 19.4. The van der Waals surface area contributed by atoms with Crippen LogP contribution in [0, 0.1) is 11.3 Å². The van der Waals surface area contributed by atoms with Crippen molar-refractivity contribution in [1.82, 2.24) is 0 Å². The summed E-state index contributed by atoms with van der Waals surface area (Å²) < 4.78 is 1.08. The Bertz CT molecular complexity index is 911. The molecule has 2 aromatic rings. The summed E-state index contributed by atoms with van der Waals surface area (Å²) in [5.41, 5.74) is 6.55. The molecule has 1 N–H and O–H groups in total. The van der Waals surface area contributed by atoms with Gasteiger partial charge in [-0.1, -0.05) is 96.7 Å². The molecule has 0 heterocycles. The SMILES string of the molecule is C=C(c1ccc(Br)cc1)[C@@]12CC[C@@H](O)C1CC(CCCCCC)=C2c1ccccc1. The minimum atomic E-state index is -0.246. The molecule has 0 amide bonds. The first-order valence-corrected chi connectivity index (χ1v) is 12.3. The molecule has 4 rings (SSSR count). The zero-order chi connectivity index (χ0) is 21.1. The Kier molecular flexibility index (Phi) is 6.65. The summed E-state index contributed by atoms with van der Waals surface area (Å²) in [5.74, 6) is 0.241. The fourth-order valence-corrected chi connectivity index (χ4v) is 6.15. The molecule has 0 aliphatic heterocycles. The summed E-state index contributed by atoms with van der Waals surface area (Å²) in [6.07, 6.45) is 8.84. The van der Waals surface area contributed by atoms with E-state index in [1.807, 2.05) is 0 Å². The summed E-state index contributed by atoms with van der Waals surface area (Å²) in [7, 11) is 0. The molecule has 0 saturated heterocycles. The summed E-state index contributed by atoms with van der Waals surface area (Å²) in [4.78, 5) is 0. The lowest BCUT2D eigenvalue weighted by Gasteiger charge is -2.37. The zero-order valence-electron chi connectivity index (χ0n) is 18.0. The number of hydrogen-bond acceptors (Lipinski definition) is 1. The summed E-state index contributed by atoms with van der Waals surface area (Å²) >= 11 is 3.56. The van der Waals surface area contributed by atoms with Crippen LogP contribution in [0.3, 0.4) is 0 Å². The van der Waals surface area contributed by atoms with E-state index < -0.39 is 0 Å². The van der Waals surface area contributed by atoms with Crippen LogP contribution in [0.2, 0.25) is 0 Å². The van der Waals surface area contributed by atoms with E-state index in [9.17, 15) is 5.11 Å². The third-order valence-corrected chi connectivity index (χ3v) is 7.85. The number of halogens is 1. The van der Waals surface area contributed by atoms with Gasteiger partial charge in [-0.25, -0.2) is 0 Å².